The minimum atomic E-state index is -4.43. The Kier molecular flexibility index (Phi) is 5.49. The lowest BCUT2D eigenvalue weighted by molar-refractivity contribution is -0.137. The molecule has 1 aromatic heterocycles. The number of aromatic nitrogens is 1. The lowest BCUT2D eigenvalue weighted by Crippen LogP contribution is -2.12. The second-order valence-electron chi connectivity index (χ2n) is 5.85. The van der Waals surface area contributed by atoms with Crippen molar-refractivity contribution in [1.82, 2.24) is 4.98 Å². The number of hydrogen-bond acceptors (Lipinski definition) is 4. The highest BCUT2D eigenvalue weighted by atomic mass is 19.4. The predicted octanol–water partition coefficient (Wildman–Crippen LogP) is 5.10. The Morgan fingerprint density at radius 2 is 1.71 bits per heavy atom. The van der Waals surface area contributed by atoms with Crippen molar-refractivity contribution in [3.05, 3.63) is 78.1 Å². The van der Waals surface area contributed by atoms with Crippen molar-refractivity contribution in [2.75, 3.05) is 17.7 Å². The van der Waals surface area contributed by atoms with Gasteiger partial charge in [0.15, 0.2) is 0 Å². The highest BCUT2D eigenvalue weighted by molar-refractivity contribution is 6.04. The van der Waals surface area contributed by atoms with Crippen LogP contribution in [-0.2, 0) is 6.18 Å². The Balaban J connectivity index is 1.74. The maximum absolute atomic E-state index is 12.8. The maximum Gasteiger partial charge on any atom is 0.416 e. The number of methoxy groups -OCH3 is 1. The van der Waals surface area contributed by atoms with Crippen molar-refractivity contribution in [3.63, 3.8) is 0 Å². The lowest BCUT2D eigenvalue weighted by Gasteiger charge is -2.11. The molecule has 0 aliphatic heterocycles. The number of amides is 1. The first-order valence-electron chi connectivity index (χ1n) is 8.20. The zero-order chi connectivity index (χ0) is 20.1. The molecule has 8 heteroatoms. The molecule has 0 bridgehead atoms. The van der Waals surface area contributed by atoms with Crippen LogP contribution in [0.15, 0.2) is 67.0 Å². The number of anilines is 3. The number of ether oxygens (including phenoxy) is 1. The van der Waals surface area contributed by atoms with Crippen LogP contribution < -0.4 is 15.4 Å². The summed E-state index contributed by atoms with van der Waals surface area (Å²) >= 11 is 0. The normalized spacial score (nSPS) is 11.0. The largest absolute Gasteiger partial charge is 0.497 e. The molecule has 1 amide bonds. The fourth-order valence-corrected chi connectivity index (χ4v) is 2.45. The third kappa shape index (κ3) is 4.79. The highest BCUT2D eigenvalue weighted by Crippen LogP contribution is 2.31. The van der Waals surface area contributed by atoms with Crippen LogP contribution in [0.25, 0.3) is 0 Å². The van der Waals surface area contributed by atoms with Gasteiger partial charge in [-0.1, -0.05) is 6.07 Å². The van der Waals surface area contributed by atoms with Gasteiger partial charge in [-0.05, 0) is 48.5 Å². The zero-order valence-electron chi connectivity index (χ0n) is 14.7. The first-order chi connectivity index (χ1) is 13.3. The van der Waals surface area contributed by atoms with Crippen LogP contribution in [0.5, 0.6) is 5.75 Å². The molecule has 2 aromatic carbocycles. The SMILES string of the molecule is COc1ccc(NC(=O)c2cncc(Nc3cccc(C(F)(F)F)c3)c2)cc1. The second-order valence-corrected chi connectivity index (χ2v) is 5.85. The van der Waals surface area contributed by atoms with Crippen molar-refractivity contribution >= 4 is 23.0 Å². The molecule has 0 aliphatic carbocycles. The number of nitrogens with zero attached hydrogens (tertiary/aromatic N) is 1. The van der Waals surface area contributed by atoms with Crippen LogP contribution in [0, 0.1) is 0 Å². The van der Waals surface area contributed by atoms with E-state index < -0.39 is 17.6 Å². The van der Waals surface area contributed by atoms with Gasteiger partial charge in [0.1, 0.15) is 5.75 Å². The van der Waals surface area contributed by atoms with Gasteiger partial charge in [0.2, 0.25) is 0 Å². The average molecular weight is 387 g/mol. The second kappa shape index (κ2) is 7.99. The van der Waals surface area contributed by atoms with E-state index >= 15 is 0 Å². The molecule has 0 aliphatic rings. The Morgan fingerprint density at radius 3 is 2.39 bits per heavy atom. The minimum Gasteiger partial charge on any atom is -0.497 e. The molecular formula is C20H16F3N3O2. The van der Waals surface area contributed by atoms with Crippen molar-refractivity contribution in [2.24, 2.45) is 0 Å². The number of nitrogens with one attached hydrogen (secondary N) is 2. The van der Waals surface area contributed by atoms with Crippen LogP contribution >= 0.6 is 0 Å². The minimum absolute atomic E-state index is 0.240. The number of carbonyl (C=O) groups excluding carboxylic acids is 1. The monoisotopic (exact) mass is 387 g/mol. The molecule has 0 spiro atoms. The molecule has 2 N–H and O–H groups in total. The standard InChI is InChI=1S/C20H16F3N3O2/c1-28-18-7-5-15(6-8-18)26-19(27)13-9-17(12-24-11-13)25-16-4-2-3-14(10-16)20(21,22)23/h2-12,25H,1H3,(H,26,27). The van der Waals surface area contributed by atoms with Crippen LogP contribution in [0.1, 0.15) is 15.9 Å². The van der Waals surface area contributed by atoms with Crippen molar-refractivity contribution < 1.29 is 22.7 Å². The summed E-state index contributed by atoms with van der Waals surface area (Å²) in [5, 5.41) is 5.55. The van der Waals surface area contributed by atoms with Crippen molar-refractivity contribution in [3.8, 4) is 5.75 Å². The molecule has 0 saturated heterocycles. The van der Waals surface area contributed by atoms with Gasteiger partial charge in [0, 0.05) is 17.6 Å². The smallest absolute Gasteiger partial charge is 0.416 e. The average Bonchev–Trinajstić information content (AvgIpc) is 2.68. The summed E-state index contributed by atoms with van der Waals surface area (Å²) < 4.78 is 43.6. The molecule has 3 rings (SSSR count). The van der Waals surface area contributed by atoms with Gasteiger partial charge in [-0.25, -0.2) is 0 Å². The number of hydrogen-bond donors (Lipinski definition) is 2. The van der Waals surface area contributed by atoms with E-state index in [4.69, 9.17) is 4.74 Å². The molecule has 0 fully saturated rings. The first kappa shape index (κ1) is 19.2. The molecule has 0 unspecified atom stereocenters. The Labute approximate surface area is 159 Å². The van der Waals surface area contributed by atoms with Gasteiger partial charge in [0.05, 0.1) is 30.1 Å². The van der Waals surface area contributed by atoms with Crippen molar-refractivity contribution in [2.45, 2.75) is 6.18 Å². The zero-order valence-corrected chi connectivity index (χ0v) is 14.7. The van der Waals surface area contributed by atoms with Gasteiger partial charge in [-0.3, -0.25) is 9.78 Å². The molecule has 1 heterocycles. The number of benzene rings is 2. The highest BCUT2D eigenvalue weighted by Gasteiger charge is 2.30. The predicted molar refractivity (Wildman–Crippen MR) is 99.9 cm³/mol. The van der Waals surface area contributed by atoms with Crippen LogP contribution in [0.3, 0.4) is 0 Å². The Hall–Kier alpha value is -3.55. The fraction of sp³-hybridized carbons (Fsp3) is 0.100. The molecular weight excluding hydrogens is 371 g/mol. The molecule has 0 saturated carbocycles. The molecule has 3 aromatic rings. The van der Waals surface area contributed by atoms with E-state index in [9.17, 15) is 18.0 Å². The van der Waals surface area contributed by atoms with Crippen LogP contribution in [0.4, 0.5) is 30.2 Å². The third-order valence-corrected chi connectivity index (χ3v) is 3.83. The molecule has 5 nitrogen and oxygen atoms in total. The molecule has 144 valence electrons. The molecule has 0 atom stereocenters. The maximum atomic E-state index is 12.8. The number of alkyl halides is 3. The summed E-state index contributed by atoms with van der Waals surface area (Å²) in [6.07, 6.45) is -1.64. The van der Waals surface area contributed by atoms with Crippen LogP contribution in [0.2, 0.25) is 0 Å². The van der Waals surface area contributed by atoms with Crippen molar-refractivity contribution in [1.29, 1.82) is 0 Å². The first-order valence-corrected chi connectivity index (χ1v) is 8.20. The van der Waals surface area contributed by atoms with E-state index in [1.165, 1.54) is 30.6 Å². The van der Waals surface area contributed by atoms with Gasteiger partial charge in [-0.2, -0.15) is 13.2 Å². The number of halogens is 3. The number of pyridine rings is 1. The van der Waals surface area contributed by atoms with Gasteiger partial charge in [-0.15, -0.1) is 0 Å². The lowest BCUT2D eigenvalue weighted by atomic mass is 10.2. The fourth-order valence-electron chi connectivity index (χ4n) is 2.45. The van der Waals surface area contributed by atoms with E-state index in [2.05, 4.69) is 15.6 Å². The van der Waals surface area contributed by atoms with E-state index in [1.54, 1.807) is 31.4 Å². The topological polar surface area (TPSA) is 63.2 Å². The van der Waals surface area contributed by atoms with E-state index in [1.807, 2.05) is 0 Å². The summed E-state index contributed by atoms with van der Waals surface area (Å²) in [6.45, 7) is 0. The summed E-state index contributed by atoms with van der Waals surface area (Å²) in [4.78, 5) is 16.4. The van der Waals surface area contributed by atoms with Gasteiger partial charge in [0.25, 0.3) is 5.91 Å². The Bertz CT molecular complexity index is 973. The summed E-state index contributed by atoms with van der Waals surface area (Å²) in [5.74, 6) is 0.261. The summed E-state index contributed by atoms with van der Waals surface area (Å²) in [7, 11) is 1.54. The number of carbonyl (C=O) groups is 1. The van der Waals surface area contributed by atoms with E-state index in [0.29, 0.717) is 17.1 Å². The molecule has 0 radical (unpaired) electrons. The van der Waals surface area contributed by atoms with Gasteiger partial charge < -0.3 is 15.4 Å². The third-order valence-electron chi connectivity index (χ3n) is 3.83. The summed E-state index contributed by atoms with van der Waals surface area (Å²) in [5.41, 5.74) is 0.694. The van der Waals surface area contributed by atoms with Gasteiger partial charge >= 0.3 is 6.18 Å². The Morgan fingerprint density at radius 1 is 0.964 bits per heavy atom. The molecule has 28 heavy (non-hydrogen) atoms. The van der Waals surface area contributed by atoms with Crippen LogP contribution in [-0.4, -0.2) is 18.0 Å². The number of rotatable bonds is 5. The quantitative estimate of drug-likeness (QED) is 0.639. The summed E-state index contributed by atoms with van der Waals surface area (Å²) in [6, 6.07) is 13.1. The van der Waals surface area contributed by atoms with E-state index in [0.717, 1.165) is 12.1 Å². The van der Waals surface area contributed by atoms with E-state index in [-0.39, 0.29) is 11.3 Å².